The quantitative estimate of drug-likeness (QED) is 0.661. The molecule has 6 heteroatoms. The number of methoxy groups -OCH3 is 4. The molecule has 3 rings (SSSR count). The van der Waals surface area contributed by atoms with Crippen molar-refractivity contribution in [2.45, 2.75) is 0 Å². The van der Waals surface area contributed by atoms with Crippen LogP contribution in [-0.4, -0.2) is 28.4 Å². The Balaban J connectivity index is 2.26. The third-order valence-electron chi connectivity index (χ3n) is 3.93. The van der Waals surface area contributed by atoms with Crippen LogP contribution < -0.4 is 24.6 Å². The first-order valence-corrected chi connectivity index (χ1v) is 7.54. The molecule has 0 radical (unpaired) electrons. The fourth-order valence-electron chi connectivity index (χ4n) is 2.70. The molecule has 1 heterocycles. The lowest BCUT2D eigenvalue weighted by atomic mass is 10.1. The minimum Gasteiger partial charge on any atom is -0.497 e. The highest BCUT2D eigenvalue weighted by atomic mass is 16.5. The highest BCUT2D eigenvalue weighted by molar-refractivity contribution is 5.90. The molecule has 0 fully saturated rings. The van der Waals surface area contributed by atoms with Crippen LogP contribution >= 0.6 is 0 Å². The summed E-state index contributed by atoms with van der Waals surface area (Å²) in [5.74, 6) is 1.89. The lowest BCUT2D eigenvalue weighted by Crippen LogP contribution is -2.04. The molecule has 2 aromatic carbocycles. The van der Waals surface area contributed by atoms with Gasteiger partial charge in [0.05, 0.1) is 34.0 Å². The highest BCUT2D eigenvalue weighted by Crippen LogP contribution is 2.43. The number of benzene rings is 2. The van der Waals surface area contributed by atoms with E-state index in [9.17, 15) is 4.79 Å². The largest absolute Gasteiger partial charge is 0.497 e. The van der Waals surface area contributed by atoms with E-state index in [1.807, 2.05) is 0 Å². The number of hydrogen-bond acceptors (Lipinski definition) is 6. The van der Waals surface area contributed by atoms with Crippen LogP contribution in [0.5, 0.6) is 23.0 Å². The Morgan fingerprint density at radius 1 is 0.800 bits per heavy atom. The SMILES string of the molecule is COc1ccc(-c2cc3cc(OC)c(OC)c(OC)c3oc2=O)cc1. The van der Waals surface area contributed by atoms with Gasteiger partial charge in [-0.15, -0.1) is 0 Å². The van der Waals surface area contributed by atoms with Crippen LogP contribution in [0.15, 0.2) is 45.6 Å². The summed E-state index contributed by atoms with van der Waals surface area (Å²) in [6.45, 7) is 0. The minimum atomic E-state index is -0.469. The summed E-state index contributed by atoms with van der Waals surface area (Å²) in [6, 6.07) is 10.7. The highest BCUT2D eigenvalue weighted by Gasteiger charge is 2.20. The van der Waals surface area contributed by atoms with Crippen molar-refractivity contribution in [3.8, 4) is 34.1 Å². The van der Waals surface area contributed by atoms with Crippen LogP contribution in [0.4, 0.5) is 0 Å². The van der Waals surface area contributed by atoms with Gasteiger partial charge in [0.1, 0.15) is 5.75 Å². The van der Waals surface area contributed by atoms with E-state index < -0.39 is 5.63 Å². The molecule has 25 heavy (non-hydrogen) atoms. The van der Waals surface area contributed by atoms with Gasteiger partial charge in [0.15, 0.2) is 11.3 Å². The lowest BCUT2D eigenvalue weighted by Gasteiger charge is -2.14. The molecule has 0 aliphatic heterocycles. The standard InChI is InChI=1S/C19H18O6/c1-21-13-7-5-11(6-8-13)14-9-12-10-15(22-2)17(23-3)18(24-4)16(12)25-19(14)20/h5-10H,1-4H3. The van der Waals surface area contributed by atoms with Gasteiger partial charge in [0.2, 0.25) is 11.5 Å². The molecule has 0 saturated carbocycles. The van der Waals surface area contributed by atoms with Crippen molar-refractivity contribution in [1.29, 1.82) is 0 Å². The molecule has 0 N–H and O–H groups in total. The predicted molar refractivity (Wildman–Crippen MR) is 94.1 cm³/mol. The predicted octanol–water partition coefficient (Wildman–Crippen LogP) is 3.49. The Morgan fingerprint density at radius 2 is 1.48 bits per heavy atom. The molecule has 0 bridgehead atoms. The van der Waals surface area contributed by atoms with Crippen LogP contribution in [0.25, 0.3) is 22.1 Å². The summed E-state index contributed by atoms with van der Waals surface area (Å²) in [7, 11) is 6.10. The zero-order chi connectivity index (χ0) is 18.0. The molecular formula is C19H18O6. The summed E-state index contributed by atoms with van der Waals surface area (Å²) in [4.78, 5) is 12.5. The molecule has 0 unspecified atom stereocenters. The van der Waals surface area contributed by atoms with Crippen molar-refractivity contribution in [2.75, 3.05) is 28.4 Å². The van der Waals surface area contributed by atoms with E-state index >= 15 is 0 Å². The maximum Gasteiger partial charge on any atom is 0.344 e. The van der Waals surface area contributed by atoms with Crippen LogP contribution in [0.1, 0.15) is 0 Å². The maximum atomic E-state index is 12.5. The molecule has 3 aromatic rings. The van der Waals surface area contributed by atoms with Gasteiger partial charge in [-0.05, 0) is 29.8 Å². The van der Waals surface area contributed by atoms with E-state index in [1.54, 1.807) is 43.5 Å². The topological polar surface area (TPSA) is 67.1 Å². The van der Waals surface area contributed by atoms with Gasteiger partial charge in [-0.1, -0.05) is 12.1 Å². The summed E-state index contributed by atoms with van der Waals surface area (Å²) >= 11 is 0. The summed E-state index contributed by atoms with van der Waals surface area (Å²) < 4.78 is 26.7. The third kappa shape index (κ3) is 2.87. The van der Waals surface area contributed by atoms with E-state index in [0.29, 0.717) is 39.5 Å². The lowest BCUT2D eigenvalue weighted by molar-refractivity contribution is 0.323. The van der Waals surface area contributed by atoms with E-state index in [2.05, 4.69) is 0 Å². The average molecular weight is 342 g/mol. The van der Waals surface area contributed by atoms with Crippen molar-refractivity contribution < 1.29 is 23.4 Å². The first kappa shape index (κ1) is 16.7. The second-order valence-electron chi connectivity index (χ2n) is 5.24. The molecule has 0 saturated heterocycles. The van der Waals surface area contributed by atoms with Crippen LogP contribution in [-0.2, 0) is 0 Å². The maximum absolute atomic E-state index is 12.5. The molecule has 1 aromatic heterocycles. The summed E-state index contributed by atoms with van der Waals surface area (Å²) in [5, 5.41) is 0.667. The van der Waals surface area contributed by atoms with Crippen molar-refractivity contribution in [1.82, 2.24) is 0 Å². The van der Waals surface area contributed by atoms with Gasteiger partial charge in [-0.25, -0.2) is 4.79 Å². The van der Waals surface area contributed by atoms with E-state index in [4.69, 9.17) is 23.4 Å². The van der Waals surface area contributed by atoms with Crippen molar-refractivity contribution in [2.24, 2.45) is 0 Å². The van der Waals surface area contributed by atoms with Gasteiger partial charge in [0.25, 0.3) is 0 Å². The first-order chi connectivity index (χ1) is 12.1. The number of ether oxygens (including phenoxy) is 4. The number of rotatable bonds is 5. The Kier molecular flexibility index (Phi) is 4.52. The van der Waals surface area contributed by atoms with Crippen LogP contribution in [0, 0.1) is 0 Å². The van der Waals surface area contributed by atoms with Gasteiger partial charge >= 0.3 is 5.63 Å². The summed E-state index contributed by atoms with van der Waals surface area (Å²) in [5.41, 5.74) is 1.00. The number of fused-ring (bicyclic) bond motifs is 1. The van der Waals surface area contributed by atoms with Crippen LogP contribution in [0.3, 0.4) is 0 Å². The molecule has 130 valence electrons. The molecule has 6 nitrogen and oxygen atoms in total. The van der Waals surface area contributed by atoms with E-state index in [1.165, 1.54) is 21.3 Å². The molecule has 0 atom stereocenters. The molecule has 0 spiro atoms. The zero-order valence-electron chi connectivity index (χ0n) is 14.4. The molecule has 0 amide bonds. The second kappa shape index (κ2) is 6.76. The smallest absolute Gasteiger partial charge is 0.344 e. The van der Waals surface area contributed by atoms with Gasteiger partial charge < -0.3 is 23.4 Å². The van der Waals surface area contributed by atoms with Crippen molar-refractivity contribution in [3.63, 3.8) is 0 Å². The average Bonchev–Trinajstić information content (AvgIpc) is 2.66. The minimum absolute atomic E-state index is 0.308. The normalized spacial score (nSPS) is 10.6. The Morgan fingerprint density at radius 3 is 2.04 bits per heavy atom. The summed E-state index contributed by atoms with van der Waals surface area (Å²) in [6.07, 6.45) is 0. The van der Waals surface area contributed by atoms with Crippen LogP contribution in [0.2, 0.25) is 0 Å². The third-order valence-corrected chi connectivity index (χ3v) is 3.93. The van der Waals surface area contributed by atoms with Gasteiger partial charge in [-0.3, -0.25) is 0 Å². The van der Waals surface area contributed by atoms with Gasteiger partial charge in [-0.2, -0.15) is 0 Å². The zero-order valence-corrected chi connectivity index (χ0v) is 14.4. The Labute approximate surface area is 144 Å². The van der Waals surface area contributed by atoms with Gasteiger partial charge in [0, 0.05) is 5.39 Å². The fraction of sp³-hybridized carbons (Fsp3) is 0.211. The Bertz CT molecular complexity index is 956. The van der Waals surface area contributed by atoms with Crippen molar-refractivity contribution in [3.05, 3.63) is 46.8 Å². The fourth-order valence-corrected chi connectivity index (χ4v) is 2.70. The Hall–Kier alpha value is -3.15. The molecule has 0 aliphatic rings. The molecular weight excluding hydrogens is 324 g/mol. The van der Waals surface area contributed by atoms with Crippen molar-refractivity contribution >= 4 is 11.0 Å². The number of hydrogen-bond donors (Lipinski definition) is 0. The monoisotopic (exact) mass is 342 g/mol. The first-order valence-electron chi connectivity index (χ1n) is 7.54. The molecule has 0 aliphatic carbocycles. The van der Waals surface area contributed by atoms with E-state index in [-0.39, 0.29) is 0 Å². The second-order valence-corrected chi connectivity index (χ2v) is 5.24. The van der Waals surface area contributed by atoms with E-state index in [0.717, 1.165) is 5.56 Å².